The van der Waals surface area contributed by atoms with Crippen molar-refractivity contribution in [1.82, 2.24) is 9.80 Å². The number of hydrogen-bond acceptors (Lipinski definition) is 3. The Balaban J connectivity index is 1.76. The van der Waals surface area contributed by atoms with Gasteiger partial charge in [-0.15, -0.1) is 0 Å². The van der Waals surface area contributed by atoms with Crippen LogP contribution in [0.2, 0.25) is 0 Å². The number of piperidine rings is 2. The quantitative estimate of drug-likeness (QED) is 0.840. The van der Waals surface area contributed by atoms with Crippen molar-refractivity contribution in [3.05, 3.63) is 0 Å². The van der Waals surface area contributed by atoms with Crippen molar-refractivity contribution in [2.75, 3.05) is 32.7 Å². The molecule has 2 saturated heterocycles. The third-order valence-electron chi connectivity index (χ3n) is 5.16. The van der Waals surface area contributed by atoms with E-state index in [1.165, 1.54) is 38.8 Å². The van der Waals surface area contributed by atoms with E-state index >= 15 is 0 Å². The fourth-order valence-corrected chi connectivity index (χ4v) is 3.84. The van der Waals surface area contributed by atoms with E-state index in [9.17, 15) is 4.79 Å². The predicted molar refractivity (Wildman–Crippen MR) is 80.8 cm³/mol. The van der Waals surface area contributed by atoms with Crippen molar-refractivity contribution in [1.29, 1.82) is 0 Å². The van der Waals surface area contributed by atoms with Gasteiger partial charge in [0.05, 0.1) is 6.42 Å². The lowest BCUT2D eigenvalue weighted by atomic mass is 9.79. The molecule has 20 heavy (non-hydrogen) atoms. The largest absolute Gasteiger partial charge is 0.481 e. The number of likely N-dealkylation sites (tertiary alicyclic amines) is 2. The Bertz CT molecular complexity index is 312. The van der Waals surface area contributed by atoms with Gasteiger partial charge in [0.15, 0.2) is 0 Å². The van der Waals surface area contributed by atoms with Gasteiger partial charge >= 0.3 is 5.97 Å². The first-order valence-corrected chi connectivity index (χ1v) is 8.24. The molecule has 4 nitrogen and oxygen atoms in total. The van der Waals surface area contributed by atoms with Crippen LogP contribution in [0.5, 0.6) is 0 Å². The molecule has 116 valence electrons. The highest BCUT2D eigenvalue weighted by atomic mass is 16.4. The lowest BCUT2D eigenvalue weighted by molar-refractivity contribution is -0.137. The van der Waals surface area contributed by atoms with Crippen LogP contribution < -0.4 is 0 Å². The fraction of sp³-hybridized carbons (Fsp3) is 0.938. The van der Waals surface area contributed by atoms with Gasteiger partial charge in [0, 0.05) is 19.1 Å². The first-order chi connectivity index (χ1) is 9.56. The lowest BCUT2D eigenvalue weighted by Gasteiger charge is -2.41. The highest BCUT2D eigenvalue weighted by Gasteiger charge is 2.30. The molecule has 2 aliphatic rings. The van der Waals surface area contributed by atoms with Crippen LogP contribution >= 0.6 is 0 Å². The van der Waals surface area contributed by atoms with Crippen LogP contribution in [-0.4, -0.2) is 59.6 Å². The van der Waals surface area contributed by atoms with Gasteiger partial charge in [-0.05, 0) is 71.0 Å². The van der Waals surface area contributed by atoms with Gasteiger partial charge in [0.25, 0.3) is 0 Å². The van der Waals surface area contributed by atoms with Crippen molar-refractivity contribution < 1.29 is 9.90 Å². The zero-order valence-electron chi connectivity index (χ0n) is 13.1. The van der Waals surface area contributed by atoms with E-state index in [4.69, 9.17) is 5.11 Å². The molecule has 2 rings (SSSR count). The SMILES string of the molecule is CC(C)N1CCC(C2CCCN(CCC(=O)O)C2)CC1. The molecule has 0 saturated carbocycles. The summed E-state index contributed by atoms with van der Waals surface area (Å²) in [4.78, 5) is 15.6. The van der Waals surface area contributed by atoms with E-state index in [0.717, 1.165) is 31.5 Å². The first kappa shape index (κ1) is 15.8. The Morgan fingerprint density at radius 2 is 1.85 bits per heavy atom. The number of hydrogen-bond donors (Lipinski definition) is 1. The highest BCUT2D eigenvalue weighted by Crippen LogP contribution is 2.32. The summed E-state index contributed by atoms with van der Waals surface area (Å²) in [6, 6.07) is 0.675. The molecule has 1 atom stereocenters. The normalized spacial score (nSPS) is 27.1. The van der Waals surface area contributed by atoms with Crippen LogP contribution in [0.25, 0.3) is 0 Å². The zero-order chi connectivity index (χ0) is 14.5. The van der Waals surface area contributed by atoms with E-state index in [1.54, 1.807) is 0 Å². The Morgan fingerprint density at radius 1 is 1.15 bits per heavy atom. The average molecular weight is 282 g/mol. The summed E-state index contributed by atoms with van der Waals surface area (Å²) >= 11 is 0. The van der Waals surface area contributed by atoms with E-state index in [2.05, 4.69) is 23.6 Å². The van der Waals surface area contributed by atoms with Crippen LogP contribution in [0, 0.1) is 11.8 Å². The third kappa shape index (κ3) is 4.45. The fourth-order valence-electron chi connectivity index (χ4n) is 3.84. The van der Waals surface area contributed by atoms with Crippen LogP contribution in [0.4, 0.5) is 0 Å². The maximum absolute atomic E-state index is 10.7. The standard InChI is InChI=1S/C16H30N2O2/c1-13(2)18-10-5-14(6-11-18)15-4-3-8-17(12-15)9-7-16(19)20/h13-15H,3-12H2,1-2H3,(H,19,20). The Labute approximate surface area is 123 Å². The van der Waals surface area contributed by atoms with Gasteiger partial charge in [-0.1, -0.05) is 0 Å². The second-order valence-electron chi connectivity index (χ2n) is 6.81. The molecule has 4 heteroatoms. The maximum atomic E-state index is 10.7. The second kappa shape index (κ2) is 7.41. The van der Waals surface area contributed by atoms with Crippen LogP contribution in [0.1, 0.15) is 46.0 Å². The van der Waals surface area contributed by atoms with Gasteiger partial charge in [-0.2, -0.15) is 0 Å². The Morgan fingerprint density at radius 3 is 2.45 bits per heavy atom. The number of aliphatic carboxylic acids is 1. The molecule has 0 aromatic rings. The van der Waals surface area contributed by atoms with Crippen molar-refractivity contribution in [3.63, 3.8) is 0 Å². The van der Waals surface area contributed by atoms with Gasteiger partial charge in [0.1, 0.15) is 0 Å². The molecule has 2 fully saturated rings. The van der Waals surface area contributed by atoms with E-state index in [-0.39, 0.29) is 0 Å². The summed E-state index contributed by atoms with van der Waals surface area (Å²) in [7, 11) is 0. The maximum Gasteiger partial charge on any atom is 0.304 e. The second-order valence-corrected chi connectivity index (χ2v) is 6.81. The molecule has 1 N–H and O–H groups in total. The summed E-state index contributed by atoms with van der Waals surface area (Å²) in [6.45, 7) is 10.0. The minimum absolute atomic E-state index is 0.290. The number of rotatable bonds is 5. The molecular formula is C16H30N2O2. The molecule has 0 radical (unpaired) electrons. The van der Waals surface area contributed by atoms with E-state index in [0.29, 0.717) is 12.5 Å². The molecule has 0 bridgehead atoms. The zero-order valence-corrected chi connectivity index (χ0v) is 13.1. The number of carboxylic acid groups (broad SMARTS) is 1. The highest BCUT2D eigenvalue weighted by molar-refractivity contribution is 5.66. The topological polar surface area (TPSA) is 43.8 Å². The van der Waals surface area contributed by atoms with Crippen molar-refractivity contribution in [2.24, 2.45) is 11.8 Å². The average Bonchev–Trinajstić information content (AvgIpc) is 2.45. The van der Waals surface area contributed by atoms with Gasteiger partial charge in [-0.25, -0.2) is 0 Å². The smallest absolute Gasteiger partial charge is 0.304 e. The van der Waals surface area contributed by atoms with Crippen LogP contribution in [0.3, 0.4) is 0 Å². The summed E-state index contributed by atoms with van der Waals surface area (Å²) in [5.41, 5.74) is 0. The molecule has 2 aliphatic heterocycles. The van der Waals surface area contributed by atoms with E-state index in [1.807, 2.05) is 0 Å². The third-order valence-corrected chi connectivity index (χ3v) is 5.16. The monoisotopic (exact) mass is 282 g/mol. The molecule has 0 aromatic heterocycles. The molecule has 1 unspecified atom stereocenters. The minimum Gasteiger partial charge on any atom is -0.481 e. The number of carbonyl (C=O) groups is 1. The summed E-state index contributed by atoms with van der Waals surface area (Å²) < 4.78 is 0. The predicted octanol–water partition coefficient (Wildman–Crippen LogP) is 2.29. The van der Waals surface area contributed by atoms with Crippen LogP contribution in [0.15, 0.2) is 0 Å². The van der Waals surface area contributed by atoms with Gasteiger partial charge < -0.3 is 14.9 Å². The molecule has 0 spiro atoms. The molecule has 0 aliphatic carbocycles. The number of nitrogens with zero attached hydrogens (tertiary/aromatic N) is 2. The van der Waals surface area contributed by atoms with Crippen molar-refractivity contribution in [2.45, 2.75) is 52.0 Å². The molecule has 0 amide bonds. The number of carboxylic acids is 1. The first-order valence-electron chi connectivity index (χ1n) is 8.24. The van der Waals surface area contributed by atoms with Gasteiger partial charge in [-0.3, -0.25) is 4.79 Å². The van der Waals surface area contributed by atoms with Crippen molar-refractivity contribution >= 4 is 5.97 Å². The summed E-state index contributed by atoms with van der Waals surface area (Å²) in [6.07, 6.45) is 5.54. The van der Waals surface area contributed by atoms with Crippen LogP contribution in [-0.2, 0) is 4.79 Å². The molecule has 2 heterocycles. The summed E-state index contributed by atoms with van der Waals surface area (Å²) in [5, 5.41) is 8.81. The van der Waals surface area contributed by atoms with Gasteiger partial charge in [0.2, 0.25) is 0 Å². The molecular weight excluding hydrogens is 252 g/mol. The lowest BCUT2D eigenvalue weighted by Crippen LogP contribution is -2.44. The minimum atomic E-state index is -0.669. The van der Waals surface area contributed by atoms with Crippen molar-refractivity contribution in [3.8, 4) is 0 Å². The van der Waals surface area contributed by atoms with E-state index < -0.39 is 5.97 Å². The Hall–Kier alpha value is -0.610. The molecule has 0 aromatic carbocycles. The summed E-state index contributed by atoms with van der Waals surface area (Å²) in [5.74, 6) is 0.988. The Kier molecular flexibility index (Phi) is 5.85.